The molecule has 1 aromatic rings. The van der Waals surface area contributed by atoms with Gasteiger partial charge in [-0.05, 0) is 26.0 Å². The van der Waals surface area contributed by atoms with E-state index >= 15 is 0 Å². The lowest BCUT2D eigenvalue weighted by molar-refractivity contribution is -0.384. The van der Waals surface area contributed by atoms with Crippen molar-refractivity contribution in [3.63, 3.8) is 0 Å². The normalized spacial score (nSPS) is 30.7. The minimum atomic E-state index is -4.24. The predicted molar refractivity (Wildman–Crippen MR) is 85.7 cm³/mol. The average Bonchev–Trinajstić information content (AvgIpc) is 2.89. The Kier molecular flexibility index (Phi) is 5.03. The number of rotatable bonds is 5. The van der Waals surface area contributed by atoms with Gasteiger partial charge in [-0.2, -0.15) is 8.42 Å². The summed E-state index contributed by atoms with van der Waals surface area (Å²) < 4.78 is 52.6. The third-order valence-corrected chi connectivity index (χ3v) is 5.37. The number of hydrogen-bond acceptors (Lipinski definition) is 9. The number of benzene rings is 1. The Bertz CT molecular complexity index is 777. The third kappa shape index (κ3) is 3.72. The van der Waals surface area contributed by atoms with Crippen LogP contribution in [-0.2, 0) is 33.2 Å². The number of hydrogen-bond donors (Lipinski definition) is 0. The molecule has 0 saturated carbocycles. The molecule has 0 aromatic heterocycles. The summed E-state index contributed by atoms with van der Waals surface area (Å²) in [5.74, 6) is -0.917. The summed E-state index contributed by atoms with van der Waals surface area (Å²) in [5, 5.41) is 10.7. The quantitative estimate of drug-likeness (QED) is 0.415. The fourth-order valence-corrected chi connectivity index (χ4v) is 4.02. The van der Waals surface area contributed by atoms with E-state index < -0.39 is 45.4 Å². The van der Waals surface area contributed by atoms with Gasteiger partial charge in [0.15, 0.2) is 18.2 Å². The topological polar surface area (TPSA) is 123 Å². The molecule has 0 aliphatic carbocycles. The van der Waals surface area contributed by atoms with E-state index in [-0.39, 0.29) is 17.2 Å². The summed E-state index contributed by atoms with van der Waals surface area (Å²) in [6.07, 6.45) is -3.28. The lowest BCUT2D eigenvalue weighted by Crippen LogP contribution is -2.54. The highest BCUT2D eigenvalue weighted by Gasteiger charge is 2.53. The van der Waals surface area contributed by atoms with Crippen molar-refractivity contribution in [2.24, 2.45) is 0 Å². The second-order valence-electron chi connectivity index (χ2n) is 6.34. The molecule has 0 amide bonds. The molecule has 2 aliphatic heterocycles. The van der Waals surface area contributed by atoms with E-state index in [1.54, 1.807) is 13.8 Å². The lowest BCUT2D eigenvalue weighted by Gasteiger charge is -2.35. The SMILES string of the molecule is COC1OCC2OC(C)(C)OC2C1OS(=O)(=O)c1ccc([N+](=O)[O-])cc1. The molecule has 0 bridgehead atoms. The first-order valence-electron chi connectivity index (χ1n) is 7.81. The van der Waals surface area contributed by atoms with Crippen LogP contribution in [0.15, 0.2) is 29.2 Å². The summed E-state index contributed by atoms with van der Waals surface area (Å²) >= 11 is 0. The van der Waals surface area contributed by atoms with Gasteiger partial charge in [-0.1, -0.05) is 0 Å². The summed E-state index contributed by atoms with van der Waals surface area (Å²) in [6.45, 7) is 3.58. The molecule has 4 atom stereocenters. The zero-order valence-electron chi connectivity index (χ0n) is 14.4. The van der Waals surface area contributed by atoms with Crippen molar-refractivity contribution in [2.45, 2.75) is 49.1 Å². The second kappa shape index (κ2) is 6.83. The smallest absolute Gasteiger partial charge is 0.297 e. The fraction of sp³-hybridized carbons (Fsp3) is 0.600. The average molecular weight is 389 g/mol. The first-order valence-corrected chi connectivity index (χ1v) is 9.21. The van der Waals surface area contributed by atoms with E-state index in [1.807, 2.05) is 0 Å². The van der Waals surface area contributed by atoms with Gasteiger partial charge in [0.05, 0.1) is 16.4 Å². The Balaban J connectivity index is 1.85. The second-order valence-corrected chi connectivity index (χ2v) is 7.91. The van der Waals surface area contributed by atoms with Crippen molar-refractivity contribution in [3.05, 3.63) is 34.4 Å². The number of methoxy groups -OCH3 is 1. The minimum Gasteiger partial charge on any atom is -0.353 e. The van der Waals surface area contributed by atoms with Crippen LogP contribution in [0.25, 0.3) is 0 Å². The molecule has 2 aliphatic rings. The van der Waals surface area contributed by atoms with Crippen LogP contribution in [0.1, 0.15) is 13.8 Å². The van der Waals surface area contributed by atoms with Crippen molar-refractivity contribution in [3.8, 4) is 0 Å². The van der Waals surface area contributed by atoms with Gasteiger partial charge in [-0.3, -0.25) is 14.3 Å². The van der Waals surface area contributed by atoms with Crippen LogP contribution in [0.5, 0.6) is 0 Å². The van der Waals surface area contributed by atoms with Crippen molar-refractivity contribution >= 4 is 15.8 Å². The fourth-order valence-electron chi connectivity index (χ4n) is 2.95. The standard InChI is InChI=1S/C15H19NO9S/c1-15(2)23-11-8-22-14(21-3)13(12(11)24-15)25-26(19,20)10-6-4-9(5-7-10)16(17)18/h4-7,11-14H,8H2,1-3H3. The van der Waals surface area contributed by atoms with E-state index in [0.717, 1.165) is 24.3 Å². The van der Waals surface area contributed by atoms with Crippen LogP contribution in [0.2, 0.25) is 0 Å². The van der Waals surface area contributed by atoms with Crippen molar-refractivity contribution in [2.75, 3.05) is 13.7 Å². The Morgan fingerprint density at radius 3 is 2.46 bits per heavy atom. The Hall–Kier alpha value is -1.63. The van der Waals surface area contributed by atoms with E-state index in [0.29, 0.717) is 0 Å². The molecule has 2 heterocycles. The zero-order valence-corrected chi connectivity index (χ0v) is 15.2. The van der Waals surface area contributed by atoms with Crippen molar-refractivity contribution in [1.82, 2.24) is 0 Å². The molecule has 3 rings (SSSR count). The van der Waals surface area contributed by atoms with Gasteiger partial charge in [0.1, 0.15) is 12.2 Å². The molecule has 144 valence electrons. The van der Waals surface area contributed by atoms with Crippen LogP contribution in [-0.4, -0.2) is 57.4 Å². The predicted octanol–water partition coefficient (Wildman–Crippen LogP) is 1.19. The maximum Gasteiger partial charge on any atom is 0.297 e. The largest absolute Gasteiger partial charge is 0.353 e. The van der Waals surface area contributed by atoms with Gasteiger partial charge in [0, 0.05) is 19.2 Å². The van der Waals surface area contributed by atoms with Gasteiger partial charge in [-0.25, -0.2) is 0 Å². The summed E-state index contributed by atoms with van der Waals surface area (Å²) in [7, 11) is -2.88. The number of fused-ring (bicyclic) bond motifs is 1. The third-order valence-electron chi connectivity index (χ3n) is 4.04. The molecule has 10 nitrogen and oxygen atoms in total. The summed E-state index contributed by atoms with van der Waals surface area (Å²) in [6, 6.07) is 4.38. The number of ether oxygens (including phenoxy) is 4. The molecule has 0 spiro atoms. The molecule has 11 heteroatoms. The summed E-state index contributed by atoms with van der Waals surface area (Å²) in [5.41, 5.74) is -0.228. The van der Waals surface area contributed by atoms with Crippen LogP contribution in [0, 0.1) is 10.1 Å². The molecular weight excluding hydrogens is 370 g/mol. The number of nitro benzene ring substituents is 1. The minimum absolute atomic E-state index is 0.171. The number of nitrogens with zero attached hydrogens (tertiary/aromatic N) is 1. The highest BCUT2D eigenvalue weighted by Crippen LogP contribution is 2.37. The van der Waals surface area contributed by atoms with Gasteiger partial charge < -0.3 is 18.9 Å². The van der Waals surface area contributed by atoms with Gasteiger partial charge in [0.25, 0.3) is 15.8 Å². The van der Waals surface area contributed by atoms with Crippen LogP contribution >= 0.6 is 0 Å². The van der Waals surface area contributed by atoms with Gasteiger partial charge >= 0.3 is 0 Å². The molecule has 4 unspecified atom stereocenters. The zero-order chi connectivity index (χ0) is 19.1. The Morgan fingerprint density at radius 1 is 1.23 bits per heavy atom. The summed E-state index contributed by atoms with van der Waals surface area (Å²) in [4.78, 5) is 9.86. The molecule has 2 fully saturated rings. The maximum atomic E-state index is 12.6. The van der Waals surface area contributed by atoms with E-state index in [9.17, 15) is 18.5 Å². The number of nitro groups is 1. The van der Waals surface area contributed by atoms with E-state index in [1.165, 1.54) is 7.11 Å². The highest BCUT2D eigenvalue weighted by molar-refractivity contribution is 7.86. The Morgan fingerprint density at radius 2 is 1.88 bits per heavy atom. The first-order chi connectivity index (χ1) is 12.1. The molecule has 0 radical (unpaired) electrons. The highest BCUT2D eigenvalue weighted by atomic mass is 32.2. The molecule has 26 heavy (non-hydrogen) atoms. The van der Waals surface area contributed by atoms with Crippen molar-refractivity contribution in [1.29, 1.82) is 0 Å². The van der Waals surface area contributed by atoms with E-state index in [2.05, 4.69) is 0 Å². The van der Waals surface area contributed by atoms with Gasteiger partial charge in [-0.15, -0.1) is 0 Å². The first kappa shape index (κ1) is 19.1. The monoisotopic (exact) mass is 389 g/mol. The molecule has 1 aromatic carbocycles. The molecular formula is C15H19NO9S. The Labute approximate surface area is 150 Å². The van der Waals surface area contributed by atoms with Crippen LogP contribution < -0.4 is 0 Å². The molecule has 0 N–H and O–H groups in total. The molecule has 2 saturated heterocycles. The number of non-ortho nitro benzene ring substituents is 1. The van der Waals surface area contributed by atoms with Crippen molar-refractivity contribution < 1.29 is 36.5 Å². The lowest BCUT2D eigenvalue weighted by atomic mass is 10.1. The van der Waals surface area contributed by atoms with E-state index in [4.69, 9.17) is 23.1 Å². The van der Waals surface area contributed by atoms with Gasteiger partial charge in [0.2, 0.25) is 0 Å². The van der Waals surface area contributed by atoms with Crippen LogP contribution in [0.3, 0.4) is 0 Å². The maximum absolute atomic E-state index is 12.6. The van der Waals surface area contributed by atoms with Crippen LogP contribution in [0.4, 0.5) is 5.69 Å².